The van der Waals surface area contributed by atoms with Gasteiger partial charge in [0.05, 0.1) is 23.0 Å². The number of fused-ring (bicyclic) bond motifs is 2. The van der Waals surface area contributed by atoms with Crippen molar-refractivity contribution in [1.82, 2.24) is 24.9 Å². The van der Waals surface area contributed by atoms with E-state index in [1.165, 1.54) is 0 Å². The number of nitrogen functional groups attached to an aromatic ring is 1. The number of nitrogens with zero attached hydrogens (tertiary/aromatic N) is 3. The predicted molar refractivity (Wildman–Crippen MR) is 88.5 cm³/mol. The van der Waals surface area contributed by atoms with E-state index in [4.69, 9.17) is 11.1 Å². The summed E-state index contributed by atoms with van der Waals surface area (Å²) in [7, 11) is 0. The summed E-state index contributed by atoms with van der Waals surface area (Å²) < 4.78 is 0. The monoisotopic (exact) mass is 305 g/mol. The normalized spacial score (nSPS) is 11.3. The van der Waals surface area contributed by atoms with Gasteiger partial charge in [-0.05, 0) is 36.8 Å². The van der Waals surface area contributed by atoms with Gasteiger partial charge in [-0.1, -0.05) is 0 Å². The fourth-order valence-corrected chi connectivity index (χ4v) is 2.64. The van der Waals surface area contributed by atoms with Gasteiger partial charge in [0.2, 0.25) is 0 Å². The van der Waals surface area contributed by atoms with E-state index >= 15 is 0 Å². The molecular weight excluding hydrogens is 290 g/mol. The zero-order chi connectivity index (χ0) is 16.0. The Morgan fingerprint density at radius 3 is 2.78 bits per heavy atom. The first-order chi connectivity index (χ1) is 11.1. The van der Waals surface area contributed by atoms with Crippen molar-refractivity contribution in [2.75, 3.05) is 0 Å². The molecule has 0 unspecified atom stereocenters. The van der Waals surface area contributed by atoms with Crippen molar-refractivity contribution in [1.29, 1.82) is 5.41 Å². The molecule has 0 aliphatic rings. The van der Waals surface area contributed by atoms with Crippen LogP contribution in [0.2, 0.25) is 0 Å². The second-order valence-electron chi connectivity index (χ2n) is 5.52. The van der Waals surface area contributed by atoms with E-state index in [-0.39, 0.29) is 5.84 Å². The highest BCUT2D eigenvalue weighted by Gasteiger charge is 2.10. The van der Waals surface area contributed by atoms with Gasteiger partial charge in [-0.15, -0.1) is 0 Å². The van der Waals surface area contributed by atoms with Gasteiger partial charge in [0.15, 0.2) is 5.65 Å². The summed E-state index contributed by atoms with van der Waals surface area (Å²) in [4.78, 5) is 19.9. The van der Waals surface area contributed by atoms with E-state index in [0.717, 1.165) is 39.4 Å². The lowest BCUT2D eigenvalue weighted by molar-refractivity contribution is 0.958. The van der Waals surface area contributed by atoms with Gasteiger partial charge in [0.1, 0.15) is 17.5 Å². The summed E-state index contributed by atoms with van der Waals surface area (Å²) in [5.74, 6) is 1.66. The summed E-state index contributed by atoms with van der Waals surface area (Å²) in [6.45, 7) is 2.02. The number of nitrogens with one attached hydrogen (secondary N) is 3. The van der Waals surface area contributed by atoms with Gasteiger partial charge in [0.25, 0.3) is 0 Å². The average Bonchev–Trinajstić information content (AvgIpc) is 3.10. The molecular formula is C16H15N7. The first-order valence-corrected chi connectivity index (χ1v) is 7.23. The molecule has 5 N–H and O–H groups in total. The Balaban J connectivity index is 1.71. The van der Waals surface area contributed by atoms with Gasteiger partial charge < -0.3 is 15.7 Å². The van der Waals surface area contributed by atoms with Crippen LogP contribution in [0.5, 0.6) is 0 Å². The fraction of sp³-hybridized carbons (Fsp3) is 0.125. The molecule has 0 aliphatic carbocycles. The molecule has 4 aromatic rings. The highest BCUT2D eigenvalue weighted by atomic mass is 15.0. The number of benzene rings is 1. The van der Waals surface area contributed by atoms with Crippen LogP contribution in [-0.2, 0) is 6.42 Å². The van der Waals surface area contributed by atoms with Crippen LogP contribution in [0.15, 0.2) is 30.5 Å². The molecule has 0 fully saturated rings. The Kier molecular flexibility index (Phi) is 2.87. The number of hydrogen-bond donors (Lipinski definition) is 4. The maximum absolute atomic E-state index is 7.50. The van der Waals surface area contributed by atoms with Crippen LogP contribution in [-0.4, -0.2) is 30.8 Å². The summed E-state index contributed by atoms with van der Waals surface area (Å²) >= 11 is 0. The smallest absolute Gasteiger partial charge is 0.177 e. The van der Waals surface area contributed by atoms with Gasteiger partial charge in [0, 0.05) is 11.8 Å². The molecule has 3 aromatic heterocycles. The highest BCUT2D eigenvalue weighted by molar-refractivity contribution is 5.97. The van der Waals surface area contributed by atoms with Crippen LogP contribution in [0.25, 0.3) is 22.2 Å². The summed E-state index contributed by atoms with van der Waals surface area (Å²) in [5, 5.41) is 7.50. The first kappa shape index (κ1) is 13.4. The Hall–Kier alpha value is -3.22. The molecule has 3 heterocycles. The van der Waals surface area contributed by atoms with Crippen LogP contribution in [0.1, 0.15) is 22.8 Å². The van der Waals surface area contributed by atoms with Crippen molar-refractivity contribution in [3.8, 4) is 0 Å². The SMILES string of the molecule is Cc1ccnc2nc(Cc3nc4ccc(C(=N)N)cc4[nH]3)[nH]c12. The highest BCUT2D eigenvalue weighted by Crippen LogP contribution is 2.17. The minimum atomic E-state index is 0.0434. The molecule has 23 heavy (non-hydrogen) atoms. The van der Waals surface area contributed by atoms with Gasteiger partial charge in [-0.2, -0.15) is 0 Å². The van der Waals surface area contributed by atoms with E-state index in [1.807, 2.05) is 25.1 Å². The number of aromatic amines is 2. The van der Waals surface area contributed by atoms with Crippen LogP contribution < -0.4 is 5.73 Å². The molecule has 0 spiro atoms. The van der Waals surface area contributed by atoms with E-state index < -0.39 is 0 Å². The van der Waals surface area contributed by atoms with Gasteiger partial charge in [-0.25, -0.2) is 15.0 Å². The summed E-state index contributed by atoms with van der Waals surface area (Å²) in [5.41, 5.74) is 10.7. The van der Waals surface area contributed by atoms with Crippen LogP contribution in [0, 0.1) is 12.3 Å². The predicted octanol–water partition coefficient (Wildman–Crippen LogP) is 2.02. The molecule has 7 nitrogen and oxygen atoms in total. The molecule has 4 rings (SSSR count). The number of pyridine rings is 1. The second-order valence-corrected chi connectivity index (χ2v) is 5.52. The Labute approximate surface area is 131 Å². The van der Waals surface area contributed by atoms with Gasteiger partial charge in [-0.3, -0.25) is 5.41 Å². The molecule has 114 valence electrons. The van der Waals surface area contributed by atoms with Crippen molar-refractivity contribution in [3.05, 3.63) is 53.2 Å². The third-order valence-corrected chi connectivity index (χ3v) is 3.83. The van der Waals surface area contributed by atoms with Crippen molar-refractivity contribution >= 4 is 28.0 Å². The third-order valence-electron chi connectivity index (χ3n) is 3.83. The number of hydrogen-bond acceptors (Lipinski definition) is 4. The molecule has 1 aromatic carbocycles. The Morgan fingerprint density at radius 1 is 1.17 bits per heavy atom. The lowest BCUT2D eigenvalue weighted by Gasteiger charge is -1.96. The number of aromatic nitrogens is 5. The van der Waals surface area contributed by atoms with Crippen molar-refractivity contribution in [2.24, 2.45) is 5.73 Å². The minimum Gasteiger partial charge on any atom is -0.384 e. The van der Waals surface area contributed by atoms with Crippen molar-refractivity contribution in [2.45, 2.75) is 13.3 Å². The zero-order valence-corrected chi connectivity index (χ0v) is 12.5. The topological polar surface area (TPSA) is 120 Å². The van der Waals surface area contributed by atoms with E-state index in [2.05, 4.69) is 24.9 Å². The molecule has 0 aliphatic heterocycles. The molecule has 0 atom stereocenters. The number of rotatable bonds is 3. The zero-order valence-electron chi connectivity index (χ0n) is 12.5. The minimum absolute atomic E-state index is 0.0434. The number of imidazole rings is 2. The second kappa shape index (κ2) is 4.91. The maximum atomic E-state index is 7.50. The molecule has 0 saturated carbocycles. The summed E-state index contributed by atoms with van der Waals surface area (Å²) in [6.07, 6.45) is 2.31. The number of amidine groups is 1. The number of H-pyrrole nitrogens is 2. The third kappa shape index (κ3) is 2.32. The van der Waals surface area contributed by atoms with Crippen LogP contribution in [0.3, 0.4) is 0 Å². The maximum Gasteiger partial charge on any atom is 0.177 e. The Bertz CT molecular complexity index is 1040. The van der Waals surface area contributed by atoms with E-state index in [0.29, 0.717) is 12.0 Å². The first-order valence-electron chi connectivity index (χ1n) is 7.23. The lowest BCUT2D eigenvalue weighted by atomic mass is 10.2. The summed E-state index contributed by atoms with van der Waals surface area (Å²) in [6, 6.07) is 7.44. The lowest BCUT2D eigenvalue weighted by Crippen LogP contribution is -2.10. The average molecular weight is 305 g/mol. The van der Waals surface area contributed by atoms with Crippen molar-refractivity contribution < 1.29 is 0 Å². The molecule has 0 amide bonds. The number of nitrogens with two attached hydrogens (primary N) is 1. The fourth-order valence-electron chi connectivity index (χ4n) is 2.64. The molecule has 7 heteroatoms. The van der Waals surface area contributed by atoms with Crippen molar-refractivity contribution in [3.63, 3.8) is 0 Å². The van der Waals surface area contributed by atoms with E-state index in [9.17, 15) is 0 Å². The largest absolute Gasteiger partial charge is 0.384 e. The quantitative estimate of drug-likeness (QED) is 0.342. The van der Waals surface area contributed by atoms with Crippen LogP contribution in [0.4, 0.5) is 0 Å². The molecule has 0 radical (unpaired) electrons. The van der Waals surface area contributed by atoms with Gasteiger partial charge >= 0.3 is 0 Å². The number of aryl methyl sites for hydroxylation is 1. The molecule has 0 saturated heterocycles. The standard InChI is InChI=1S/C16H15N7/c1-8-4-5-19-16-14(8)22-13(23-16)7-12-20-10-3-2-9(15(17)18)6-11(10)21-12/h2-6H,7H2,1H3,(H3,17,18)(H,20,21)(H,19,22,23). The van der Waals surface area contributed by atoms with E-state index in [1.54, 1.807) is 12.3 Å². The molecule has 0 bridgehead atoms. The van der Waals surface area contributed by atoms with Crippen LogP contribution >= 0.6 is 0 Å². The Morgan fingerprint density at radius 2 is 2.00 bits per heavy atom.